The summed E-state index contributed by atoms with van der Waals surface area (Å²) in [6.07, 6.45) is 1.72. The van der Waals surface area contributed by atoms with E-state index in [2.05, 4.69) is 0 Å². The maximum Gasteiger partial charge on any atom is 0.166 e. The van der Waals surface area contributed by atoms with E-state index in [9.17, 15) is 9.50 Å². The van der Waals surface area contributed by atoms with Crippen molar-refractivity contribution >= 4 is 0 Å². The van der Waals surface area contributed by atoms with Gasteiger partial charge in [-0.15, -0.1) is 0 Å². The van der Waals surface area contributed by atoms with Crippen LogP contribution in [0.1, 0.15) is 26.7 Å². The molecule has 2 rings (SSSR count). The van der Waals surface area contributed by atoms with Gasteiger partial charge in [0, 0.05) is 6.42 Å². The molecule has 16 heavy (non-hydrogen) atoms. The standard InChI is InChI=1S/C12H19FO3/c1-8-5-11(14)10(13)6-9(8)7-12(2)15-3-4-16-12/h6,8-9,11,14H,3-5,7H2,1-2H3. The summed E-state index contributed by atoms with van der Waals surface area (Å²) in [5, 5.41) is 9.39. The molecule has 0 aromatic heterocycles. The minimum atomic E-state index is -0.926. The quantitative estimate of drug-likeness (QED) is 0.788. The maximum atomic E-state index is 13.3. The minimum Gasteiger partial charge on any atom is -0.386 e. The van der Waals surface area contributed by atoms with Crippen molar-refractivity contribution in [1.29, 1.82) is 0 Å². The van der Waals surface area contributed by atoms with Crippen molar-refractivity contribution in [2.75, 3.05) is 13.2 Å². The average molecular weight is 230 g/mol. The zero-order chi connectivity index (χ0) is 11.8. The Balaban J connectivity index is 2.03. The summed E-state index contributed by atoms with van der Waals surface area (Å²) < 4.78 is 24.4. The van der Waals surface area contributed by atoms with Gasteiger partial charge in [-0.25, -0.2) is 4.39 Å². The zero-order valence-corrected chi connectivity index (χ0v) is 9.78. The van der Waals surface area contributed by atoms with E-state index in [0.717, 1.165) is 0 Å². The molecule has 1 fully saturated rings. The molecule has 4 heteroatoms. The predicted octanol–water partition coefficient (Wildman–Crippen LogP) is 2.01. The van der Waals surface area contributed by atoms with Crippen LogP contribution in [0.4, 0.5) is 4.39 Å². The molecule has 3 nitrogen and oxygen atoms in total. The van der Waals surface area contributed by atoms with Crippen molar-refractivity contribution in [2.45, 2.75) is 38.6 Å². The normalized spacial score (nSPS) is 38.5. The van der Waals surface area contributed by atoms with Gasteiger partial charge in [0.05, 0.1) is 13.2 Å². The largest absolute Gasteiger partial charge is 0.386 e. The molecule has 1 saturated heterocycles. The molecule has 1 aliphatic carbocycles. The molecule has 0 bridgehead atoms. The van der Waals surface area contributed by atoms with Crippen molar-refractivity contribution in [2.24, 2.45) is 11.8 Å². The van der Waals surface area contributed by atoms with E-state index in [1.807, 2.05) is 13.8 Å². The van der Waals surface area contributed by atoms with Gasteiger partial charge in [-0.05, 0) is 31.3 Å². The number of allylic oxidation sites excluding steroid dienone is 1. The van der Waals surface area contributed by atoms with Crippen LogP contribution in [-0.4, -0.2) is 30.2 Å². The highest BCUT2D eigenvalue weighted by atomic mass is 19.1. The molecule has 0 spiro atoms. The zero-order valence-electron chi connectivity index (χ0n) is 9.78. The van der Waals surface area contributed by atoms with Gasteiger partial charge in [-0.2, -0.15) is 0 Å². The van der Waals surface area contributed by atoms with Gasteiger partial charge in [0.15, 0.2) is 5.79 Å². The van der Waals surface area contributed by atoms with Crippen molar-refractivity contribution in [3.05, 3.63) is 11.9 Å². The van der Waals surface area contributed by atoms with E-state index < -0.39 is 17.7 Å². The van der Waals surface area contributed by atoms with Crippen LogP contribution < -0.4 is 0 Å². The lowest BCUT2D eigenvalue weighted by molar-refractivity contribution is -0.156. The average Bonchev–Trinajstić information content (AvgIpc) is 2.62. The molecule has 2 aliphatic rings. The lowest BCUT2D eigenvalue weighted by atomic mass is 9.80. The first-order chi connectivity index (χ1) is 7.50. The second-order valence-electron chi connectivity index (χ2n) is 4.98. The molecular formula is C12H19FO3. The molecule has 0 saturated carbocycles. The van der Waals surface area contributed by atoms with E-state index in [0.29, 0.717) is 26.1 Å². The highest BCUT2D eigenvalue weighted by Crippen LogP contribution is 2.37. The molecule has 0 amide bonds. The first kappa shape index (κ1) is 12.0. The fourth-order valence-corrected chi connectivity index (χ4v) is 2.48. The Morgan fingerprint density at radius 3 is 2.75 bits per heavy atom. The Bertz CT molecular complexity index is 284. The number of aliphatic hydroxyl groups excluding tert-OH is 1. The molecule has 92 valence electrons. The van der Waals surface area contributed by atoms with Gasteiger partial charge in [-0.1, -0.05) is 6.92 Å². The molecular weight excluding hydrogens is 211 g/mol. The Morgan fingerprint density at radius 2 is 2.12 bits per heavy atom. The first-order valence-corrected chi connectivity index (χ1v) is 5.83. The smallest absolute Gasteiger partial charge is 0.166 e. The van der Waals surface area contributed by atoms with E-state index in [1.54, 1.807) is 0 Å². The van der Waals surface area contributed by atoms with Crippen LogP contribution in [0.15, 0.2) is 11.9 Å². The Labute approximate surface area is 95.2 Å². The topological polar surface area (TPSA) is 38.7 Å². The van der Waals surface area contributed by atoms with Crippen LogP contribution in [0.5, 0.6) is 0 Å². The van der Waals surface area contributed by atoms with Gasteiger partial charge >= 0.3 is 0 Å². The Kier molecular flexibility index (Phi) is 3.33. The molecule has 3 unspecified atom stereocenters. The number of hydrogen-bond donors (Lipinski definition) is 1. The van der Waals surface area contributed by atoms with Gasteiger partial charge in [0.2, 0.25) is 0 Å². The fraction of sp³-hybridized carbons (Fsp3) is 0.833. The SMILES string of the molecule is CC1CC(O)C(F)=CC1CC1(C)OCCO1. The third-order valence-electron chi connectivity index (χ3n) is 3.52. The summed E-state index contributed by atoms with van der Waals surface area (Å²) in [6, 6.07) is 0. The summed E-state index contributed by atoms with van der Waals surface area (Å²) in [4.78, 5) is 0. The molecule has 0 radical (unpaired) electrons. The molecule has 0 aromatic carbocycles. The second kappa shape index (κ2) is 4.43. The van der Waals surface area contributed by atoms with E-state index >= 15 is 0 Å². The van der Waals surface area contributed by atoms with E-state index in [1.165, 1.54) is 6.08 Å². The molecule has 0 aromatic rings. The Hall–Kier alpha value is -0.450. The number of aliphatic hydroxyl groups is 1. The van der Waals surface area contributed by atoms with E-state index in [-0.39, 0.29) is 11.8 Å². The summed E-state index contributed by atoms with van der Waals surface area (Å²) in [6.45, 7) is 5.12. The van der Waals surface area contributed by atoms with Crippen LogP contribution in [0.3, 0.4) is 0 Å². The van der Waals surface area contributed by atoms with Crippen molar-refractivity contribution in [3.63, 3.8) is 0 Å². The number of hydrogen-bond acceptors (Lipinski definition) is 3. The fourth-order valence-electron chi connectivity index (χ4n) is 2.48. The van der Waals surface area contributed by atoms with Crippen LogP contribution in [-0.2, 0) is 9.47 Å². The molecule has 3 atom stereocenters. The van der Waals surface area contributed by atoms with Crippen LogP contribution >= 0.6 is 0 Å². The Morgan fingerprint density at radius 1 is 1.50 bits per heavy atom. The third kappa shape index (κ3) is 2.44. The first-order valence-electron chi connectivity index (χ1n) is 5.83. The predicted molar refractivity (Wildman–Crippen MR) is 57.4 cm³/mol. The molecule has 1 N–H and O–H groups in total. The number of halogens is 1. The highest BCUT2D eigenvalue weighted by Gasteiger charge is 2.37. The van der Waals surface area contributed by atoms with Crippen molar-refractivity contribution < 1.29 is 19.0 Å². The summed E-state index contributed by atoms with van der Waals surface area (Å²) in [5.41, 5.74) is 0. The van der Waals surface area contributed by atoms with Crippen molar-refractivity contribution in [3.8, 4) is 0 Å². The lowest BCUT2D eigenvalue weighted by Gasteiger charge is -2.33. The minimum absolute atomic E-state index is 0.0755. The third-order valence-corrected chi connectivity index (χ3v) is 3.52. The van der Waals surface area contributed by atoms with Gasteiger partial charge in [0.25, 0.3) is 0 Å². The van der Waals surface area contributed by atoms with Gasteiger partial charge in [0.1, 0.15) is 11.9 Å². The monoisotopic (exact) mass is 230 g/mol. The second-order valence-corrected chi connectivity index (χ2v) is 4.98. The van der Waals surface area contributed by atoms with E-state index in [4.69, 9.17) is 9.47 Å². The summed E-state index contributed by atoms with van der Waals surface area (Å²) in [7, 11) is 0. The van der Waals surface area contributed by atoms with Gasteiger partial charge in [-0.3, -0.25) is 0 Å². The van der Waals surface area contributed by atoms with Crippen LogP contribution in [0.2, 0.25) is 0 Å². The molecule has 1 heterocycles. The van der Waals surface area contributed by atoms with Crippen LogP contribution in [0, 0.1) is 11.8 Å². The molecule has 1 aliphatic heterocycles. The summed E-state index contributed by atoms with van der Waals surface area (Å²) in [5.74, 6) is -0.673. The van der Waals surface area contributed by atoms with Crippen LogP contribution in [0.25, 0.3) is 0 Å². The lowest BCUT2D eigenvalue weighted by Crippen LogP contribution is -2.33. The number of ether oxygens (including phenoxy) is 2. The maximum absolute atomic E-state index is 13.3. The highest BCUT2D eigenvalue weighted by molar-refractivity contribution is 5.08. The number of rotatable bonds is 2. The summed E-state index contributed by atoms with van der Waals surface area (Å²) >= 11 is 0. The van der Waals surface area contributed by atoms with Crippen molar-refractivity contribution in [1.82, 2.24) is 0 Å². The van der Waals surface area contributed by atoms with Gasteiger partial charge < -0.3 is 14.6 Å².